The maximum atomic E-state index is 5.98. The van der Waals surface area contributed by atoms with E-state index in [1.54, 1.807) is 7.11 Å². The molecular weight excluding hydrogens is 248 g/mol. The van der Waals surface area contributed by atoms with E-state index in [1.165, 1.54) is 31.2 Å². The number of ether oxygens (including phenoxy) is 1. The molecule has 1 aliphatic carbocycles. The topological polar surface area (TPSA) is 38.5 Å². The Morgan fingerprint density at radius 2 is 2.10 bits per heavy atom. The fourth-order valence-electron chi connectivity index (χ4n) is 3.41. The average Bonchev–Trinajstić information content (AvgIpc) is 2.52. The Balaban J connectivity index is 2.06. The summed E-state index contributed by atoms with van der Waals surface area (Å²) < 4.78 is 5.32. The average molecular weight is 276 g/mol. The lowest BCUT2D eigenvalue weighted by atomic mass is 9.83. The van der Waals surface area contributed by atoms with E-state index < -0.39 is 0 Å². The minimum atomic E-state index is 0.643. The van der Waals surface area contributed by atoms with Crippen LogP contribution in [-0.4, -0.2) is 31.1 Å². The second kappa shape index (κ2) is 7.65. The van der Waals surface area contributed by atoms with Gasteiger partial charge in [0, 0.05) is 12.6 Å². The third-order valence-electron chi connectivity index (χ3n) is 4.57. The second-order valence-corrected chi connectivity index (χ2v) is 5.76. The van der Waals surface area contributed by atoms with Crippen LogP contribution in [0, 0.1) is 5.92 Å². The van der Waals surface area contributed by atoms with Gasteiger partial charge in [-0.25, -0.2) is 0 Å². The van der Waals surface area contributed by atoms with Gasteiger partial charge in [0.15, 0.2) is 0 Å². The molecule has 0 aromatic heterocycles. The molecule has 3 heteroatoms. The van der Waals surface area contributed by atoms with Gasteiger partial charge in [-0.1, -0.05) is 31.9 Å². The van der Waals surface area contributed by atoms with Crippen LogP contribution in [0.5, 0.6) is 5.75 Å². The Morgan fingerprint density at radius 3 is 2.80 bits per heavy atom. The molecule has 2 rings (SSSR count). The molecule has 0 amide bonds. The van der Waals surface area contributed by atoms with Crippen molar-refractivity contribution in [1.82, 2.24) is 4.90 Å². The molecule has 0 radical (unpaired) electrons. The molecule has 2 unspecified atom stereocenters. The van der Waals surface area contributed by atoms with E-state index in [-0.39, 0.29) is 0 Å². The number of rotatable bonds is 6. The summed E-state index contributed by atoms with van der Waals surface area (Å²) >= 11 is 0. The van der Waals surface area contributed by atoms with Crippen LogP contribution in [0.1, 0.15) is 38.2 Å². The highest BCUT2D eigenvalue weighted by Crippen LogP contribution is 2.29. The van der Waals surface area contributed by atoms with Crippen molar-refractivity contribution >= 4 is 0 Å². The Bertz CT molecular complexity index is 408. The molecule has 2 N–H and O–H groups in total. The normalized spacial score (nSPS) is 23.0. The largest absolute Gasteiger partial charge is 0.497 e. The van der Waals surface area contributed by atoms with Crippen LogP contribution in [0.15, 0.2) is 24.3 Å². The molecule has 20 heavy (non-hydrogen) atoms. The van der Waals surface area contributed by atoms with E-state index in [1.807, 2.05) is 6.07 Å². The highest BCUT2D eigenvalue weighted by molar-refractivity contribution is 5.28. The molecule has 2 atom stereocenters. The summed E-state index contributed by atoms with van der Waals surface area (Å²) in [6.45, 7) is 5.15. The van der Waals surface area contributed by atoms with Crippen LogP contribution >= 0.6 is 0 Å². The maximum absolute atomic E-state index is 5.98. The van der Waals surface area contributed by atoms with Gasteiger partial charge < -0.3 is 10.5 Å². The van der Waals surface area contributed by atoms with Crippen molar-refractivity contribution in [3.8, 4) is 5.75 Å². The van der Waals surface area contributed by atoms with Gasteiger partial charge in [0.05, 0.1) is 7.11 Å². The molecular formula is C17H28N2O. The fourth-order valence-corrected chi connectivity index (χ4v) is 3.41. The second-order valence-electron chi connectivity index (χ2n) is 5.76. The van der Waals surface area contributed by atoms with E-state index in [4.69, 9.17) is 10.5 Å². The molecule has 1 fully saturated rings. The fraction of sp³-hybridized carbons (Fsp3) is 0.647. The number of nitrogens with zero attached hydrogens (tertiary/aromatic N) is 1. The number of nitrogens with two attached hydrogens (primary N) is 1. The quantitative estimate of drug-likeness (QED) is 0.868. The Morgan fingerprint density at radius 1 is 1.30 bits per heavy atom. The Hall–Kier alpha value is -1.06. The van der Waals surface area contributed by atoms with Gasteiger partial charge in [0.1, 0.15) is 5.75 Å². The van der Waals surface area contributed by atoms with Crippen molar-refractivity contribution in [2.24, 2.45) is 11.7 Å². The lowest BCUT2D eigenvalue weighted by Crippen LogP contribution is -2.44. The standard InChI is InChI=1S/C17H28N2O/c1-3-19(17-10-5-4-8-15(17)12-18)13-14-7-6-9-16(11-14)20-2/h6-7,9,11,15,17H,3-5,8,10,12-13,18H2,1-2H3. The van der Waals surface area contributed by atoms with Crippen LogP contribution in [0.2, 0.25) is 0 Å². The smallest absolute Gasteiger partial charge is 0.119 e. The molecule has 0 heterocycles. The zero-order valence-electron chi connectivity index (χ0n) is 12.8. The molecule has 0 aliphatic heterocycles. The van der Waals surface area contributed by atoms with Gasteiger partial charge in [0.2, 0.25) is 0 Å². The summed E-state index contributed by atoms with van der Waals surface area (Å²) in [6, 6.07) is 9.05. The molecule has 1 aliphatic rings. The highest BCUT2D eigenvalue weighted by atomic mass is 16.5. The highest BCUT2D eigenvalue weighted by Gasteiger charge is 2.28. The minimum absolute atomic E-state index is 0.643. The van der Waals surface area contributed by atoms with Gasteiger partial charge in [-0.05, 0) is 49.5 Å². The zero-order valence-corrected chi connectivity index (χ0v) is 12.8. The Kier molecular flexibility index (Phi) is 5.86. The molecule has 1 aromatic rings. The molecule has 112 valence electrons. The summed E-state index contributed by atoms with van der Waals surface area (Å²) in [5, 5.41) is 0. The number of benzene rings is 1. The van der Waals surface area contributed by atoms with E-state index in [0.717, 1.165) is 25.4 Å². The maximum Gasteiger partial charge on any atom is 0.119 e. The minimum Gasteiger partial charge on any atom is -0.497 e. The van der Waals surface area contributed by atoms with Gasteiger partial charge in [-0.15, -0.1) is 0 Å². The molecule has 0 spiro atoms. The van der Waals surface area contributed by atoms with Gasteiger partial charge >= 0.3 is 0 Å². The lowest BCUT2D eigenvalue weighted by Gasteiger charge is -2.39. The van der Waals surface area contributed by atoms with Crippen LogP contribution in [0.4, 0.5) is 0 Å². The van der Waals surface area contributed by atoms with Crippen molar-refractivity contribution in [2.75, 3.05) is 20.2 Å². The molecule has 0 saturated heterocycles. The predicted molar refractivity (Wildman–Crippen MR) is 83.9 cm³/mol. The first-order chi connectivity index (χ1) is 9.78. The van der Waals surface area contributed by atoms with Crippen molar-refractivity contribution in [3.05, 3.63) is 29.8 Å². The third-order valence-corrected chi connectivity index (χ3v) is 4.57. The summed E-state index contributed by atoms with van der Waals surface area (Å²) in [6.07, 6.45) is 5.26. The number of hydrogen-bond donors (Lipinski definition) is 1. The molecule has 1 aromatic carbocycles. The summed E-state index contributed by atoms with van der Waals surface area (Å²) in [5.74, 6) is 1.60. The van der Waals surface area contributed by atoms with Crippen molar-refractivity contribution in [3.63, 3.8) is 0 Å². The van der Waals surface area contributed by atoms with E-state index in [0.29, 0.717) is 12.0 Å². The lowest BCUT2D eigenvalue weighted by molar-refractivity contribution is 0.105. The van der Waals surface area contributed by atoms with Crippen LogP contribution < -0.4 is 10.5 Å². The molecule has 1 saturated carbocycles. The van der Waals surface area contributed by atoms with Gasteiger partial charge in [-0.2, -0.15) is 0 Å². The number of methoxy groups -OCH3 is 1. The van der Waals surface area contributed by atoms with E-state index >= 15 is 0 Å². The SMILES string of the molecule is CCN(Cc1cccc(OC)c1)C1CCCCC1CN. The van der Waals surface area contributed by atoms with Crippen LogP contribution in [0.3, 0.4) is 0 Å². The first kappa shape index (κ1) is 15.3. The summed E-state index contributed by atoms with van der Waals surface area (Å²) in [4.78, 5) is 2.59. The van der Waals surface area contributed by atoms with Crippen molar-refractivity contribution in [1.29, 1.82) is 0 Å². The number of hydrogen-bond acceptors (Lipinski definition) is 3. The first-order valence-corrected chi connectivity index (χ1v) is 7.85. The predicted octanol–water partition coefficient (Wildman–Crippen LogP) is 3.03. The van der Waals surface area contributed by atoms with Crippen LogP contribution in [-0.2, 0) is 6.54 Å². The van der Waals surface area contributed by atoms with E-state index in [9.17, 15) is 0 Å². The van der Waals surface area contributed by atoms with E-state index in [2.05, 4.69) is 30.0 Å². The van der Waals surface area contributed by atoms with Crippen LogP contribution in [0.25, 0.3) is 0 Å². The van der Waals surface area contributed by atoms with Gasteiger partial charge in [-0.3, -0.25) is 4.90 Å². The first-order valence-electron chi connectivity index (χ1n) is 7.85. The summed E-state index contributed by atoms with van der Waals surface area (Å²) in [5.41, 5.74) is 7.30. The molecule has 3 nitrogen and oxygen atoms in total. The monoisotopic (exact) mass is 276 g/mol. The molecule has 0 bridgehead atoms. The summed E-state index contributed by atoms with van der Waals surface area (Å²) in [7, 11) is 1.72. The Labute approximate surface area is 123 Å². The van der Waals surface area contributed by atoms with Crippen molar-refractivity contribution in [2.45, 2.75) is 45.2 Å². The van der Waals surface area contributed by atoms with Crippen molar-refractivity contribution < 1.29 is 4.74 Å². The third kappa shape index (κ3) is 3.74. The zero-order chi connectivity index (χ0) is 14.4. The van der Waals surface area contributed by atoms with Gasteiger partial charge in [0.25, 0.3) is 0 Å².